The number of halogens is 3. The van der Waals surface area contributed by atoms with Gasteiger partial charge in [0.15, 0.2) is 17.5 Å². The molecule has 2 atom stereocenters. The molecule has 0 aromatic heterocycles. The molecule has 138 valence electrons. The van der Waals surface area contributed by atoms with Crippen LogP contribution in [0.1, 0.15) is 42.0 Å². The normalized spacial score (nSPS) is 17.1. The van der Waals surface area contributed by atoms with Gasteiger partial charge in [-0.05, 0) is 42.9 Å². The lowest BCUT2D eigenvalue weighted by Crippen LogP contribution is -2.34. The van der Waals surface area contributed by atoms with Gasteiger partial charge in [0.2, 0.25) is 0 Å². The third-order valence-corrected chi connectivity index (χ3v) is 4.81. The van der Waals surface area contributed by atoms with Crippen molar-refractivity contribution in [1.29, 1.82) is 0 Å². The summed E-state index contributed by atoms with van der Waals surface area (Å²) in [7, 11) is 0. The third-order valence-electron chi connectivity index (χ3n) is 4.81. The van der Waals surface area contributed by atoms with E-state index >= 15 is 0 Å². The van der Waals surface area contributed by atoms with Crippen molar-refractivity contribution in [2.24, 2.45) is 0 Å². The number of nitrogens with one attached hydrogen (secondary N) is 1. The number of carboxylic acid groups (broad SMARTS) is 1. The summed E-state index contributed by atoms with van der Waals surface area (Å²) >= 11 is 0. The second-order valence-electron chi connectivity index (χ2n) is 6.64. The number of carboxylic acids is 1. The smallest absolute Gasteiger partial charge is 0.303 e. The number of rotatable bonds is 7. The van der Waals surface area contributed by atoms with E-state index in [2.05, 4.69) is 5.32 Å². The SMILES string of the molecule is O=C(O)CCC(Cc1ccccc1)NC1CCc2cc(F)c(F)c(F)c21. The molecular formula is C20H20F3NO2. The van der Waals surface area contributed by atoms with Crippen LogP contribution in [0.5, 0.6) is 0 Å². The van der Waals surface area contributed by atoms with E-state index in [9.17, 15) is 18.0 Å². The van der Waals surface area contributed by atoms with Crippen molar-refractivity contribution < 1.29 is 23.1 Å². The van der Waals surface area contributed by atoms with Crippen molar-refractivity contribution in [3.05, 3.63) is 70.5 Å². The van der Waals surface area contributed by atoms with Crippen molar-refractivity contribution in [1.82, 2.24) is 5.32 Å². The van der Waals surface area contributed by atoms with E-state index in [1.165, 1.54) is 0 Å². The number of hydrogen-bond donors (Lipinski definition) is 2. The molecule has 2 unspecified atom stereocenters. The van der Waals surface area contributed by atoms with Crippen molar-refractivity contribution >= 4 is 5.97 Å². The number of fused-ring (bicyclic) bond motifs is 1. The summed E-state index contributed by atoms with van der Waals surface area (Å²) in [6.07, 6.45) is 1.89. The van der Waals surface area contributed by atoms with E-state index in [-0.39, 0.29) is 18.0 Å². The molecule has 0 saturated heterocycles. The summed E-state index contributed by atoms with van der Waals surface area (Å²) in [6, 6.07) is 9.95. The second-order valence-corrected chi connectivity index (χ2v) is 6.64. The topological polar surface area (TPSA) is 49.3 Å². The molecule has 2 aromatic carbocycles. The van der Waals surface area contributed by atoms with Crippen LogP contribution in [0.3, 0.4) is 0 Å². The Morgan fingerprint density at radius 1 is 1.19 bits per heavy atom. The first-order valence-corrected chi connectivity index (χ1v) is 8.63. The molecule has 2 N–H and O–H groups in total. The molecule has 1 aliphatic rings. The molecule has 0 fully saturated rings. The number of hydrogen-bond acceptors (Lipinski definition) is 2. The summed E-state index contributed by atoms with van der Waals surface area (Å²) in [6.45, 7) is 0. The standard InChI is InChI=1S/C20H20F3NO2/c21-15-11-13-6-8-16(18(13)20(23)19(15)22)24-14(7-9-17(25)26)10-12-4-2-1-3-5-12/h1-5,11,14,16,24H,6-10H2,(H,25,26). The number of aryl methyl sites for hydroxylation is 1. The minimum absolute atomic E-state index is 0.0235. The molecule has 6 heteroatoms. The molecule has 3 rings (SSSR count). The third kappa shape index (κ3) is 4.07. The summed E-state index contributed by atoms with van der Waals surface area (Å²) in [5.41, 5.74) is 1.66. The van der Waals surface area contributed by atoms with Crippen LogP contribution in [0, 0.1) is 17.5 Å². The monoisotopic (exact) mass is 363 g/mol. The fourth-order valence-electron chi connectivity index (χ4n) is 3.58. The van der Waals surface area contributed by atoms with Crippen molar-refractivity contribution in [2.75, 3.05) is 0 Å². The van der Waals surface area contributed by atoms with Gasteiger partial charge in [0.25, 0.3) is 0 Å². The fraction of sp³-hybridized carbons (Fsp3) is 0.350. The van der Waals surface area contributed by atoms with Crippen molar-refractivity contribution in [3.63, 3.8) is 0 Å². The average Bonchev–Trinajstić information content (AvgIpc) is 3.01. The van der Waals surface area contributed by atoms with Gasteiger partial charge in [0.1, 0.15) is 0 Å². The van der Waals surface area contributed by atoms with E-state index in [0.717, 1.165) is 11.6 Å². The molecule has 1 aliphatic carbocycles. The quantitative estimate of drug-likeness (QED) is 0.727. The Morgan fingerprint density at radius 2 is 1.92 bits per heavy atom. The molecule has 0 bridgehead atoms. The molecule has 2 aromatic rings. The Morgan fingerprint density at radius 3 is 2.62 bits per heavy atom. The highest BCUT2D eigenvalue weighted by atomic mass is 19.2. The molecule has 3 nitrogen and oxygen atoms in total. The summed E-state index contributed by atoms with van der Waals surface area (Å²) in [5.74, 6) is -4.68. The van der Waals surface area contributed by atoms with Gasteiger partial charge in [0.05, 0.1) is 0 Å². The maximum absolute atomic E-state index is 14.3. The van der Waals surface area contributed by atoms with Crippen LogP contribution in [-0.2, 0) is 17.6 Å². The zero-order valence-electron chi connectivity index (χ0n) is 14.1. The minimum Gasteiger partial charge on any atom is -0.481 e. The molecule has 0 radical (unpaired) electrons. The second kappa shape index (κ2) is 7.91. The first-order chi connectivity index (χ1) is 12.5. The van der Waals surface area contributed by atoms with Crippen LogP contribution in [0.4, 0.5) is 13.2 Å². The van der Waals surface area contributed by atoms with E-state index in [0.29, 0.717) is 31.2 Å². The lowest BCUT2D eigenvalue weighted by molar-refractivity contribution is -0.137. The highest BCUT2D eigenvalue weighted by Crippen LogP contribution is 2.36. The summed E-state index contributed by atoms with van der Waals surface area (Å²) in [5, 5.41) is 12.3. The van der Waals surface area contributed by atoms with Gasteiger partial charge in [-0.25, -0.2) is 13.2 Å². The van der Waals surface area contributed by atoms with Crippen LogP contribution in [0.15, 0.2) is 36.4 Å². The lowest BCUT2D eigenvalue weighted by Gasteiger charge is -2.24. The maximum Gasteiger partial charge on any atom is 0.303 e. The minimum atomic E-state index is -1.46. The molecule has 26 heavy (non-hydrogen) atoms. The van der Waals surface area contributed by atoms with Crippen molar-refractivity contribution in [2.45, 2.75) is 44.2 Å². The van der Waals surface area contributed by atoms with Gasteiger partial charge in [-0.2, -0.15) is 0 Å². The van der Waals surface area contributed by atoms with Crippen LogP contribution in [0.25, 0.3) is 0 Å². The molecular weight excluding hydrogens is 343 g/mol. The van der Waals surface area contributed by atoms with E-state index in [1.54, 1.807) is 0 Å². The highest BCUT2D eigenvalue weighted by molar-refractivity contribution is 5.66. The van der Waals surface area contributed by atoms with Gasteiger partial charge in [-0.15, -0.1) is 0 Å². The Hall–Kier alpha value is -2.34. The molecule has 0 amide bonds. The molecule has 0 aliphatic heterocycles. The maximum atomic E-state index is 14.3. The lowest BCUT2D eigenvalue weighted by atomic mass is 9.99. The molecule has 0 saturated carbocycles. The predicted octanol–water partition coefficient (Wildman–Crippen LogP) is 4.16. The number of aliphatic carboxylic acids is 1. The Labute approximate surface area is 149 Å². The van der Waals surface area contributed by atoms with Crippen LogP contribution in [-0.4, -0.2) is 17.1 Å². The van der Waals surface area contributed by atoms with E-state index < -0.39 is 29.5 Å². The fourth-order valence-corrected chi connectivity index (χ4v) is 3.58. The van der Waals surface area contributed by atoms with Crippen molar-refractivity contribution in [3.8, 4) is 0 Å². The van der Waals surface area contributed by atoms with Crippen LogP contribution >= 0.6 is 0 Å². The average molecular weight is 363 g/mol. The van der Waals surface area contributed by atoms with Gasteiger partial charge < -0.3 is 10.4 Å². The summed E-state index contributed by atoms with van der Waals surface area (Å²) < 4.78 is 41.3. The largest absolute Gasteiger partial charge is 0.481 e. The Bertz CT molecular complexity index is 795. The summed E-state index contributed by atoms with van der Waals surface area (Å²) in [4.78, 5) is 10.9. The Balaban J connectivity index is 1.80. The van der Waals surface area contributed by atoms with Crippen LogP contribution in [0.2, 0.25) is 0 Å². The van der Waals surface area contributed by atoms with Gasteiger partial charge in [-0.1, -0.05) is 30.3 Å². The number of carbonyl (C=O) groups is 1. The van der Waals surface area contributed by atoms with E-state index in [1.807, 2.05) is 30.3 Å². The zero-order valence-corrected chi connectivity index (χ0v) is 14.1. The molecule has 0 spiro atoms. The molecule has 0 heterocycles. The number of benzene rings is 2. The van der Waals surface area contributed by atoms with Gasteiger partial charge >= 0.3 is 5.97 Å². The highest BCUT2D eigenvalue weighted by Gasteiger charge is 2.31. The Kier molecular flexibility index (Phi) is 5.61. The van der Waals surface area contributed by atoms with Gasteiger partial charge in [-0.3, -0.25) is 4.79 Å². The zero-order chi connectivity index (χ0) is 18.7. The first-order valence-electron chi connectivity index (χ1n) is 8.63. The van der Waals surface area contributed by atoms with E-state index in [4.69, 9.17) is 5.11 Å². The van der Waals surface area contributed by atoms with Gasteiger partial charge in [0, 0.05) is 24.1 Å². The predicted molar refractivity (Wildman–Crippen MR) is 91.3 cm³/mol. The van der Waals surface area contributed by atoms with Crippen LogP contribution < -0.4 is 5.32 Å². The first kappa shape index (κ1) is 18.5.